The number of rotatable bonds is 2. The molecule has 0 saturated heterocycles. The molecule has 7 heavy (non-hydrogen) atoms. The van der Waals surface area contributed by atoms with E-state index in [0.717, 1.165) is 12.5 Å². The summed E-state index contributed by atoms with van der Waals surface area (Å²) in [6, 6.07) is 0.935. The molecule has 0 aromatic rings. The van der Waals surface area contributed by atoms with Gasteiger partial charge in [0.1, 0.15) is 0 Å². The van der Waals surface area contributed by atoms with E-state index in [2.05, 4.69) is 0 Å². The Morgan fingerprint density at radius 1 is 1.71 bits per heavy atom. The Bertz CT molecular complexity index is 43.3. The molecule has 1 atom stereocenters. The number of hydrogen-bond acceptors (Lipinski definition) is 2. The minimum Gasteiger partial charge on any atom is -0.326 e. The van der Waals surface area contributed by atoms with Crippen LogP contribution in [0.15, 0.2) is 0 Å². The summed E-state index contributed by atoms with van der Waals surface area (Å²) in [7, 11) is 0. The zero-order valence-electron chi connectivity index (χ0n) is 4.94. The third kappa shape index (κ3) is 2.60. The molecule has 0 rings (SSSR count). The summed E-state index contributed by atoms with van der Waals surface area (Å²) in [5.74, 6) is 0. The summed E-state index contributed by atoms with van der Waals surface area (Å²) < 4.78 is 0. The second-order valence-electron chi connectivity index (χ2n) is 1.72. The maximum atomic E-state index is 5.41. The van der Waals surface area contributed by atoms with Gasteiger partial charge < -0.3 is 11.5 Å². The van der Waals surface area contributed by atoms with Gasteiger partial charge >= 0.3 is 0 Å². The van der Waals surface area contributed by atoms with E-state index in [1.54, 1.807) is 0 Å². The van der Waals surface area contributed by atoms with Gasteiger partial charge in [0, 0.05) is 12.1 Å². The molecule has 0 aliphatic carbocycles. The Morgan fingerprint density at radius 3 is 2.14 bits per heavy atom. The van der Waals surface area contributed by atoms with Crippen LogP contribution in [-0.2, 0) is 0 Å². The fraction of sp³-hybridized carbons (Fsp3) is 0.800. The monoisotopic (exact) mass is 101 g/mol. The van der Waals surface area contributed by atoms with Crippen LogP contribution in [0.25, 0.3) is 0 Å². The van der Waals surface area contributed by atoms with Gasteiger partial charge in [-0.15, -0.1) is 0 Å². The van der Waals surface area contributed by atoms with E-state index in [-0.39, 0.29) is 6.04 Å². The summed E-state index contributed by atoms with van der Waals surface area (Å²) in [6.07, 6.45) is 0.887. The van der Waals surface area contributed by atoms with E-state index >= 15 is 0 Å². The molecule has 1 unspecified atom stereocenters. The lowest BCUT2D eigenvalue weighted by Gasteiger charge is -2.09. The number of nitrogens with two attached hydrogens (primary N) is 2. The van der Waals surface area contributed by atoms with Crippen LogP contribution in [0.2, 0.25) is 0 Å². The molecule has 0 aliphatic heterocycles. The zero-order chi connectivity index (χ0) is 5.86. The third-order valence-corrected chi connectivity index (χ3v) is 0.993. The van der Waals surface area contributed by atoms with Crippen molar-refractivity contribution in [3.63, 3.8) is 0 Å². The zero-order valence-corrected chi connectivity index (χ0v) is 4.94. The molecule has 2 heteroatoms. The van der Waals surface area contributed by atoms with E-state index < -0.39 is 0 Å². The van der Waals surface area contributed by atoms with Gasteiger partial charge in [0.05, 0.1) is 0 Å². The van der Waals surface area contributed by atoms with E-state index in [1.807, 2.05) is 13.8 Å². The molecule has 0 bridgehead atoms. The van der Waals surface area contributed by atoms with Gasteiger partial charge in [0.25, 0.3) is 0 Å². The van der Waals surface area contributed by atoms with Gasteiger partial charge in [-0.2, -0.15) is 0 Å². The first kappa shape index (κ1) is 6.92. The Morgan fingerprint density at radius 2 is 2.14 bits per heavy atom. The van der Waals surface area contributed by atoms with Gasteiger partial charge in [-0.3, -0.25) is 0 Å². The topological polar surface area (TPSA) is 52.0 Å². The highest BCUT2D eigenvalue weighted by molar-refractivity contribution is 4.88. The van der Waals surface area contributed by atoms with Crippen LogP contribution in [0.4, 0.5) is 0 Å². The van der Waals surface area contributed by atoms with Crippen LogP contribution in [0.5, 0.6) is 0 Å². The van der Waals surface area contributed by atoms with Crippen molar-refractivity contribution in [2.24, 2.45) is 11.5 Å². The molecule has 0 heterocycles. The molecule has 0 spiro atoms. The molecule has 0 saturated carbocycles. The normalized spacial score (nSPS) is 15.0. The summed E-state index contributed by atoms with van der Waals surface area (Å²) in [6.45, 7) is 3.89. The summed E-state index contributed by atoms with van der Waals surface area (Å²) in [5.41, 5.74) is 10.8. The van der Waals surface area contributed by atoms with Crippen molar-refractivity contribution >= 4 is 0 Å². The largest absolute Gasteiger partial charge is 0.326 e. The van der Waals surface area contributed by atoms with E-state index in [9.17, 15) is 0 Å². The first-order valence-electron chi connectivity index (χ1n) is 2.55. The first-order valence-corrected chi connectivity index (χ1v) is 2.55. The predicted molar refractivity (Wildman–Crippen MR) is 31.4 cm³/mol. The Hall–Kier alpha value is -0.0800. The van der Waals surface area contributed by atoms with Gasteiger partial charge in [0.15, 0.2) is 0 Å². The summed E-state index contributed by atoms with van der Waals surface area (Å²) >= 11 is 0. The van der Waals surface area contributed by atoms with Crippen molar-refractivity contribution in [3.05, 3.63) is 6.04 Å². The van der Waals surface area contributed by atoms with Gasteiger partial charge in [-0.25, -0.2) is 0 Å². The van der Waals surface area contributed by atoms with Gasteiger partial charge in [0.2, 0.25) is 0 Å². The molecule has 0 amide bonds. The van der Waals surface area contributed by atoms with Crippen LogP contribution in [-0.4, -0.2) is 6.04 Å². The van der Waals surface area contributed by atoms with Crippen LogP contribution >= 0.6 is 0 Å². The third-order valence-electron chi connectivity index (χ3n) is 0.993. The van der Waals surface area contributed by atoms with Crippen molar-refractivity contribution in [2.45, 2.75) is 26.3 Å². The van der Waals surface area contributed by atoms with Crippen molar-refractivity contribution < 1.29 is 0 Å². The first-order chi connectivity index (χ1) is 3.18. The highest BCUT2D eigenvalue weighted by Crippen LogP contribution is 1.97. The molecular formula is C5H13N2. The van der Waals surface area contributed by atoms with Crippen molar-refractivity contribution in [1.82, 2.24) is 0 Å². The molecule has 4 N–H and O–H groups in total. The Balaban J connectivity index is 3.14. The second-order valence-corrected chi connectivity index (χ2v) is 1.72. The SMILES string of the molecule is CC[C](N)C(C)N. The molecule has 0 aromatic carbocycles. The van der Waals surface area contributed by atoms with E-state index in [4.69, 9.17) is 11.5 Å². The summed E-state index contributed by atoms with van der Waals surface area (Å²) in [5, 5.41) is 0. The van der Waals surface area contributed by atoms with Gasteiger partial charge in [-0.05, 0) is 13.3 Å². The molecule has 0 aromatic heterocycles. The molecule has 0 aliphatic rings. The average molecular weight is 101 g/mol. The van der Waals surface area contributed by atoms with Crippen molar-refractivity contribution in [2.75, 3.05) is 0 Å². The Labute approximate surface area is 44.9 Å². The molecular weight excluding hydrogens is 88.1 g/mol. The lowest BCUT2D eigenvalue weighted by Crippen LogP contribution is -2.30. The lowest BCUT2D eigenvalue weighted by molar-refractivity contribution is 0.680. The minimum absolute atomic E-state index is 0.0602. The molecule has 2 nitrogen and oxygen atoms in total. The predicted octanol–water partition coefficient (Wildman–Crippen LogP) is 0.234. The lowest BCUT2D eigenvalue weighted by atomic mass is 10.1. The highest BCUT2D eigenvalue weighted by atomic mass is 14.8. The minimum atomic E-state index is 0.0602. The van der Waals surface area contributed by atoms with Crippen molar-refractivity contribution in [1.29, 1.82) is 0 Å². The smallest absolute Gasteiger partial charge is 0.0499 e. The average Bonchev–Trinajstić information content (AvgIpc) is 1.65. The molecule has 43 valence electrons. The Kier molecular flexibility index (Phi) is 2.96. The fourth-order valence-corrected chi connectivity index (χ4v) is 0.322. The molecule has 0 fully saturated rings. The standard InChI is InChI=1S/C5H13N2/c1-3-5(7)4(2)6/h4H,3,6-7H2,1-2H3. The van der Waals surface area contributed by atoms with Crippen LogP contribution in [0.3, 0.4) is 0 Å². The van der Waals surface area contributed by atoms with Crippen LogP contribution < -0.4 is 11.5 Å². The van der Waals surface area contributed by atoms with E-state index in [1.165, 1.54) is 0 Å². The molecule has 1 radical (unpaired) electrons. The quantitative estimate of drug-likeness (QED) is 0.523. The number of hydrogen-bond donors (Lipinski definition) is 2. The fourth-order valence-electron chi connectivity index (χ4n) is 0.322. The maximum Gasteiger partial charge on any atom is 0.0499 e. The summed E-state index contributed by atoms with van der Waals surface area (Å²) in [4.78, 5) is 0. The highest BCUT2D eigenvalue weighted by Gasteiger charge is 2.03. The van der Waals surface area contributed by atoms with Crippen LogP contribution in [0.1, 0.15) is 20.3 Å². The second kappa shape index (κ2) is 2.99. The van der Waals surface area contributed by atoms with E-state index in [0.29, 0.717) is 0 Å². The van der Waals surface area contributed by atoms with Gasteiger partial charge in [-0.1, -0.05) is 6.92 Å². The van der Waals surface area contributed by atoms with Crippen molar-refractivity contribution in [3.8, 4) is 0 Å². The van der Waals surface area contributed by atoms with Crippen LogP contribution in [0, 0.1) is 6.04 Å². The maximum absolute atomic E-state index is 5.41.